The lowest BCUT2D eigenvalue weighted by Crippen LogP contribution is -2.44. The first kappa shape index (κ1) is 29.6. The van der Waals surface area contributed by atoms with Crippen molar-refractivity contribution in [2.75, 3.05) is 26.3 Å². The monoisotopic (exact) mass is 606 g/mol. The Balaban J connectivity index is 1.41. The topological polar surface area (TPSA) is 52.7 Å². The van der Waals surface area contributed by atoms with Gasteiger partial charge >= 0.3 is 0 Å². The van der Waals surface area contributed by atoms with Crippen LogP contribution in [0.25, 0.3) is 27.0 Å². The molecular formula is C32H36Cl2N4O2Si. The van der Waals surface area contributed by atoms with E-state index in [1.807, 2.05) is 34.9 Å². The summed E-state index contributed by atoms with van der Waals surface area (Å²) >= 11 is 12.7. The van der Waals surface area contributed by atoms with Gasteiger partial charge in [-0.25, -0.2) is 4.85 Å². The molecule has 214 valence electrons. The number of nitrogens with zero attached hydrogens (tertiary/aromatic N) is 3. The fraction of sp³-hybridized carbons (Fsp3) is 0.375. The van der Waals surface area contributed by atoms with E-state index in [9.17, 15) is 0 Å². The zero-order chi connectivity index (χ0) is 29.0. The largest absolute Gasteiger partial charge is 0.464 e. The molecule has 0 spiro atoms. The van der Waals surface area contributed by atoms with Crippen LogP contribution in [0, 0.1) is 6.57 Å². The average molecular weight is 608 g/mol. The number of hydrogen-bond acceptors (Lipinski definition) is 4. The molecule has 5 rings (SSSR count). The van der Waals surface area contributed by atoms with Crippen LogP contribution in [0.2, 0.25) is 35.7 Å². The molecule has 6 nitrogen and oxygen atoms in total. The standard InChI is InChI=1S/C32H36Cl2N4O2Si/c1-35-26-7-5-6-24(18-26)23-8-10-25(11-9-23)32(12-14-36-15-13-32)21-40-31-37-29-19-27(33)28(34)20-30(29)38(31)22-39-16-17-41(2,3)4/h5-11,18-20,36H,12-17,21-22H2,2-4H3. The molecule has 0 radical (unpaired) electrons. The molecule has 2 heterocycles. The van der Waals surface area contributed by atoms with Gasteiger partial charge < -0.3 is 14.8 Å². The third kappa shape index (κ3) is 6.96. The van der Waals surface area contributed by atoms with Crippen molar-refractivity contribution in [2.24, 2.45) is 0 Å². The molecule has 0 bridgehead atoms. The molecular weight excluding hydrogens is 571 g/mol. The molecule has 1 aromatic heterocycles. The number of imidazole rings is 1. The fourth-order valence-corrected chi connectivity index (χ4v) is 6.34. The van der Waals surface area contributed by atoms with Gasteiger partial charge in [-0.2, -0.15) is 4.98 Å². The van der Waals surface area contributed by atoms with Crippen molar-refractivity contribution in [1.82, 2.24) is 14.9 Å². The van der Waals surface area contributed by atoms with Crippen molar-refractivity contribution in [2.45, 2.75) is 50.7 Å². The molecule has 0 unspecified atom stereocenters. The van der Waals surface area contributed by atoms with Crippen LogP contribution in [-0.4, -0.2) is 43.9 Å². The number of aromatic nitrogens is 2. The maximum atomic E-state index is 7.34. The molecule has 3 aromatic carbocycles. The first-order valence-electron chi connectivity index (χ1n) is 14.0. The van der Waals surface area contributed by atoms with E-state index in [2.05, 4.69) is 54.1 Å². The van der Waals surface area contributed by atoms with Crippen LogP contribution >= 0.6 is 23.2 Å². The Labute approximate surface area is 253 Å². The molecule has 41 heavy (non-hydrogen) atoms. The zero-order valence-electron chi connectivity index (χ0n) is 23.8. The van der Waals surface area contributed by atoms with Gasteiger partial charge in [-0.1, -0.05) is 85.3 Å². The molecule has 4 aromatic rings. The maximum Gasteiger partial charge on any atom is 0.299 e. The molecule has 1 aliphatic heterocycles. The van der Waals surface area contributed by atoms with Crippen molar-refractivity contribution in [3.63, 3.8) is 0 Å². The first-order valence-corrected chi connectivity index (χ1v) is 18.5. The Kier molecular flexibility index (Phi) is 9.08. The highest BCUT2D eigenvalue weighted by atomic mass is 35.5. The number of piperidine rings is 1. The molecule has 0 aliphatic carbocycles. The summed E-state index contributed by atoms with van der Waals surface area (Å²) in [6.45, 7) is 17.7. The van der Waals surface area contributed by atoms with Crippen LogP contribution in [0.1, 0.15) is 18.4 Å². The molecule has 0 saturated carbocycles. The van der Waals surface area contributed by atoms with Gasteiger partial charge in [0.25, 0.3) is 6.01 Å². The molecule has 1 aliphatic rings. The lowest BCUT2D eigenvalue weighted by molar-refractivity contribution is 0.0767. The second-order valence-corrected chi connectivity index (χ2v) is 18.4. The van der Waals surface area contributed by atoms with E-state index in [4.69, 9.17) is 44.2 Å². The first-order chi connectivity index (χ1) is 19.7. The van der Waals surface area contributed by atoms with E-state index in [0.717, 1.165) is 54.1 Å². The van der Waals surface area contributed by atoms with Crippen molar-refractivity contribution < 1.29 is 9.47 Å². The molecule has 9 heteroatoms. The number of benzene rings is 3. The maximum absolute atomic E-state index is 7.34. The smallest absolute Gasteiger partial charge is 0.299 e. The van der Waals surface area contributed by atoms with Gasteiger partial charge in [0.15, 0.2) is 5.69 Å². The predicted molar refractivity (Wildman–Crippen MR) is 171 cm³/mol. The van der Waals surface area contributed by atoms with Gasteiger partial charge in [-0.15, -0.1) is 0 Å². The van der Waals surface area contributed by atoms with Crippen LogP contribution < -0.4 is 10.1 Å². The Morgan fingerprint density at radius 2 is 1.73 bits per heavy atom. The summed E-state index contributed by atoms with van der Waals surface area (Å²) in [4.78, 5) is 8.38. The summed E-state index contributed by atoms with van der Waals surface area (Å²) in [5, 5.41) is 4.44. The summed E-state index contributed by atoms with van der Waals surface area (Å²) in [5.74, 6) is 0. The van der Waals surface area contributed by atoms with Crippen molar-refractivity contribution in [3.8, 4) is 17.1 Å². The minimum Gasteiger partial charge on any atom is -0.464 e. The van der Waals surface area contributed by atoms with E-state index in [1.54, 1.807) is 6.07 Å². The third-order valence-electron chi connectivity index (χ3n) is 7.82. The Morgan fingerprint density at radius 3 is 2.44 bits per heavy atom. The van der Waals surface area contributed by atoms with E-state index < -0.39 is 8.07 Å². The number of rotatable bonds is 10. The summed E-state index contributed by atoms with van der Waals surface area (Å²) in [7, 11) is -1.22. The fourth-order valence-electron chi connectivity index (χ4n) is 5.26. The van der Waals surface area contributed by atoms with Crippen LogP contribution in [0.5, 0.6) is 6.01 Å². The number of halogens is 2. The zero-order valence-corrected chi connectivity index (χ0v) is 26.4. The summed E-state index contributed by atoms with van der Waals surface area (Å²) in [6, 6.07) is 21.7. The Hall–Kier alpha value is -2.86. The molecule has 1 fully saturated rings. The normalized spacial score (nSPS) is 15.1. The van der Waals surface area contributed by atoms with E-state index in [0.29, 0.717) is 41.7 Å². The second kappa shape index (κ2) is 12.6. The van der Waals surface area contributed by atoms with E-state index in [-0.39, 0.29) is 5.41 Å². The number of fused-ring (bicyclic) bond motifs is 1. The van der Waals surface area contributed by atoms with E-state index >= 15 is 0 Å². The highest BCUT2D eigenvalue weighted by Crippen LogP contribution is 2.37. The van der Waals surface area contributed by atoms with Crippen molar-refractivity contribution in [3.05, 3.63) is 87.7 Å². The van der Waals surface area contributed by atoms with Gasteiger partial charge in [0.1, 0.15) is 13.3 Å². The summed E-state index contributed by atoms with van der Waals surface area (Å²) in [6.07, 6.45) is 1.90. The van der Waals surface area contributed by atoms with Gasteiger partial charge in [-0.3, -0.25) is 4.57 Å². The molecule has 0 amide bonds. The molecule has 1 saturated heterocycles. The lowest BCUT2D eigenvalue weighted by Gasteiger charge is -2.37. The minimum absolute atomic E-state index is 0.168. The highest BCUT2D eigenvalue weighted by Gasteiger charge is 2.35. The van der Waals surface area contributed by atoms with Crippen molar-refractivity contribution >= 4 is 48.0 Å². The summed E-state index contributed by atoms with van der Waals surface area (Å²) in [5.41, 5.74) is 5.42. The van der Waals surface area contributed by atoms with Crippen LogP contribution in [0.15, 0.2) is 60.7 Å². The molecule has 0 atom stereocenters. The Bertz CT molecular complexity index is 1550. The average Bonchev–Trinajstić information content (AvgIpc) is 3.30. The number of nitrogens with one attached hydrogen (secondary N) is 1. The van der Waals surface area contributed by atoms with Crippen LogP contribution in [0.4, 0.5) is 5.69 Å². The lowest BCUT2D eigenvalue weighted by atomic mass is 9.73. The number of hydrogen-bond donors (Lipinski definition) is 1. The third-order valence-corrected chi connectivity index (χ3v) is 10.2. The highest BCUT2D eigenvalue weighted by molar-refractivity contribution is 6.76. The van der Waals surface area contributed by atoms with Gasteiger partial charge in [0.2, 0.25) is 0 Å². The van der Waals surface area contributed by atoms with Crippen LogP contribution in [0.3, 0.4) is 0 Å². The van der Waals surface area contributed by atoms with Crippen molar-refractivity contribution in [1.29, 1.82) is 0 Å². The minimum atomic E-state index is -1.22. The number of ether oxygens (including phenoxy) is 2. The van der Waals surface area contributed by atoms with Gasteiger partial charge in [0.05, 0.1) is 27.7 Å². The Morgan fingerprint density at radius 1 is 1.00 bits per heavy atom. The summed E-state index contributed by atoms with van der Waals surface area (Å²) < 4.78 is 14.7. The van der Waals surface area contributed by atoms with E-state index in [1.165, 1.54) is 5.56 Å². The van der Waals surface area contributed by atoms with Gasteiger partial charge in [0, 0.05) is 20.1 Å². The second-order valence-electron chi connectivity index (χ2n) is 12.0. The van der Waals surface area contributed by atoms with Crippen LogP contribution in [-0.2, 0) is 16.9 Å². The quantitative estimate of drug-likeness (QED) is 0.112. The van der Waals surface area contributed by atoms with Gasteiger partial charge in [-0.05, 0) is 66.9 Å². The predicted octanol–water partition coefficient (Wildman–Crippen LogP) is 8.57. The molecule has 1 N–H and O–H groups in total. The SMILES string of the molecule is [C-]#[N+]c1cccc(-c2ccc(C3(COc4nc5cc(Cl)c(Cl)cc5n4COCC[Si](C)(C)C)CCNCC3)cc2)c1.